The molecule has 0 aromatic heterocycles. The maximum atomic E-state index is 6.67. The van der Waals surface area contributed by atoms with Crippen LogP contribution in [0, 0.1) is 17.9 Å². The lowest BCUT2D eigenvalue weighted by atomic mass is 10.2. The van der Waals surface area contributed by atoms with Crippen molar-refractivity contribution in [2.24, 2.45) is 5.11 Å². The average molecular weight is 130 g/mol. The van der Waals surface area contributed by atoms with Gasteiger partial charge in [0.2, 0.25) is 0 Å². The molecule has 0 fully saturated rings. The quantitative estimate of drug-likeness (QED) is 0.447. The van der Waals surface area contributed by atoms with Crippen molar-refractivity contribution in [1.29, 1.82) is 5.53 Å². The molecule has 2 nitrogen and oxygen atoms in total. The van der Waals surface area contributed by atoms with E-state index in [2.05, 4.69) is 11.0 Å². The molecule has 0 saturated carbocycles. The topological polar surface area (TPSA) is 36.2 Å². The Balaban J connectivity index is 3.13. The van der Waals surface area contributed by atoms with E-state index in [-0.39, 0.29) is 0 Å². The zero-order chi connectivity index (χ0) is 7.40. The Morgan fingerprint density at radius 2 is 2.30 bits per heavy atom. The van der Waals surface area contributed by atoms with E-state index in [1.54, 1.807) is 24.3 Å². The summed E-state index contributed by atoms with van der Waals surface area (Å²) in [5.74, 6) is 2.46. The molecule has 0 heterocycles. The van der Waals surface area contributed by atoms with Crippen molar-refractivity contribution < 1.29 is 0 Å². The predicted octanol–water partition coefficient (Wildman–Crippen LogP) is 2.33. The van der Waals surface area contributed by atoms with Crippen LogP contribution in [0.4, 0.5) is 5.69 Å². The molecular formula is C8H6N2. The van der Waals surface area contributed by atoms with Crippen LogP contribution in [0.3, 0.4) is 0 Å². The van der Waals surface area contributed by atoms with Crippen molar-refractivity contribution in [1.82, 2.24) is 0 Å². The van der Waals surface area contributed by atoms with Gasteiger partial charge in [-0.25, -0.2) is 5.53 Å². The van der Waals surface area contributed by atoms with Crippen molar-refractivity contribution in [2.45, 2.75) is 0 Å². The zero-order valence-electron chi connectivity index (χ0n) is 5.33. The number of benzene rings is 1. The standard InChI is InChI=1S/C8H6N2/c1-2-7-4-3-5-8(6-7)10-9/h1,3-6,9H. The summed E-state index contributed by atoms with van der Waals surface area (Å²) in [6.07, 6.45) is 5.12. The molecule has 1 rings (SSSR count). The second-order valence-electron chi connectivity index (χ2n) is 1.81. The van der Waals surface area contributed by atoms with Gasteiger partial charge in [-0.3, -0.25) is 0 Å². The molecule has 0 aliphatic rings. The molecule has 0 unspecified atom stereocenters. The van der Waals surface area contributed by atoms with Crippen LogP contribution in [0.5, 0.6) is 0 Å². The van der Waals surface area contributed by atoms with Gasteiger partial charge in [-0.2, -0.15) is 5.11 Å². The highest BCUT2D eigenvalue weighted by Gasteiger charge is 1.88. The van der Waals surface area contributed by atoms with E-state index in [1.807, 2.05) is 0 Å². The fourth-order valence-electron chi connectivity index (χ4n) is 0.665. The summed E-state index contributed by atoms with van der Waals surface area (Å²) in [6.45, 7) is 0. The van der Waals surface area contributed by atoms with Gasteiger partial charge in [0.15, 0.2) is 0 Å². The number of nitrogens with one attached hydrogen (secondary N) is 1. The number of terminal acetylenes is 1. The van der Waals surface area contributed by atoms with Crippen molar-refractivity contribution in [2.75, 3.05) is 0 Å². The third kappa shape index (κ3) is 1.20. The smallest absolute Gasteiger partial charge is 0.0862 e. The van der Waals surface area contributed by atoms with Crippen LogP contribution in [0.2, 0.25) is 0 Å². The normalized spacial score (nSPS) is 8.30. The molecule has 0 atom stereocenters. The number of hydrogen-bond acceptors (Lipinski definition) is 2. The van der Waals surface area contributed by atoms with Crippen LogP contribution in [0.25, 0.3) is 0 Å². The Bertz CT molecular complexity index is 284. The number of hydrogen-bond donors (Lipinski definition) is 1. The molecular weight excluding hydrogens is 124 g/mol. The van der Waals surface area contributed by atoms with E-state index >= 15 is 0 Å². The van der Waals surface area contributed by atoms with Gasteiger partial charge in [0.25, 0.3) is 0 Å². The Labute approximate surface area is 59.4 Å². The van der Waals surface area contributed by atoms with Crippen LogP contribution in [-0.2, 0) is 0 Å². The minimum absolute atomic E-state index is 0.593. The first kappa shape index (κ1) is 6.50. The summed E-state index contributed by atoms with van der Waals surface area (Å²) in [7, 11) is 0. The van der Waals surface area contributed by atoms with E-state index in [4.69, 9.17) is 12.0 Å². The molecule has 0 bridgehead atoms. The third-order valence-electron chi connectivity index (χ3n) is 1.14. The molecule has 1 aromatic rings. The van der Waals surface area contributed by atoms with E-state index in [9.17, 15) is 0 Å². The van der Waals surface area contributed by atoms with Crippen LogP contribution >= 0.6 is 0 Å². The van der Waals surface area contributed by atoms with Crippen LogP contribution < -0.4 is 0 Å². The molecule has 2 heteroatoms. The Kier molecular flexibility index (Phi) is 1.81. The highest BCUT2D eigenvalue weighted by Crippen LogP contribution is 2.11. The molecule has 1 aromatic carbocycles. The number of nitrogens with zero attached hydrogens (tertiary/aromatic N) is 1. The first-order valence-corrected chi connectivity index (χ1v) is 2.81. The van der Waals surface area contributed by atoms with Crippen LogP contribution in [0.1, 0.15) is 5.56 Å². The second-order valence-corrected chi connectivity index (χ2v) is 1.81. The largest absolute Gasteiger partial charge is 0.204 e. The summed E-state index contributed by atoms with van der Waals surface area (Å²) < 4.78 is 0. The van der Waals surface area contributed by atoms with Gasteiger partial charge in [-0.1, -0.05) is 12.0 Å². The highest BCUT2D eigenvalue weighted by atomic mass is 15.0. The van der Waals surface area contributed by atoms with Crippen molar-refractivity contribution in [3.8, 4) is 12.3 Å². The molecule has 48 valence electrons. The average Bonchev–Trinajstić information content (AvgIpc) is 2.05. The summed E-state index contributed by atoms with van der Waals surface area (Å²) in [5, 5.41) is 3.23. The Morgan fingerprint density at radius 3 is 2.90 bits per heavy atom. The van der Waals surface area contributed by atoms with Gasteiger partial charge in [0.05, 0.1) is 5.69 Å². The van der Waals surface area contributed by atoms with Gasteiger partial charge < -0.3 is 0 Å². The lowest BCUT2D eigenvalue weighted by Gasteiger charge is -1.89. The second kappa shape index (κ2) is 2.79. The summed E-state index contributed by atoms with van der Waals surface area (Å²) in [4.78, 5) is 0. The maximum absolute atomic E-state index is 6.67. The molecule has 0 amide bonds. The molecule has 0 aliphatic carbocycles. The van der Waals surface area contributed by atoms with Gasteiger partial charge in [-0.05, 0) is 18.2 Å². The summed E-state index contributed by atoms with van der Waals surface area (Å²) in [6, 6.07) is 7.00. The van der Waals surface area contributed by atoms with Gasteiger partial charge >= 0.3 is 0 Å². The molecule has 0 aliphatic heterocycles. The zero-order valence-corrected chi connectivity index (χ0v) is 5.33. The van der Waals surface area contributed by atoms with E-state index in [0.717, 1.165) is 5.56 Å². The molecule has 0 spiro atoms. The minimum Gasteiger partial charge on any atom is -0.204 e. The van der Waals surface area contributed by atoms with Gasteiger partial charge in [-0.15, -0.1) is 6.42 Å². The first-order chi connectivity index (χ1) is 4.86. The number of rotatable bonds is 1. The van der Waals surface area contributed by atoms with E-state index < -0.39 is 0 Å². The predicted molar refractivity (Wildman–Crippen MR) is 39.2 cm³/mol. The van der Waals surface area contributed by atoms with Gasteiger partial charge in [0.1, 0.15) is 0 Å². The lowest BCUT2D eigenvalue weighted by molar-refractivity contribution is 1.15. The molecule has 0 radical (unpaired) electrons. The lowest BCUT2D eigenvalue weighted by Crippen LogP contribution is -1.69. The Morgan fingerprint density at radius 1 is 1.50 bits per heavy atom. The van der Waals surface area contributed by atoms with Gasteiger partial charge in [0, 0.05) is 5.56 Å². The third-order valence-corrected chi connectivity index (χ3v) is 1.14. The van der Waals surface area contributed by atoms with Crippen LogP contribution in [0.15, 0.2) is 29.4 Å². The van der Waals surface area contributed by atoms with Crippen molar-refractivity contribution >= 4 is 5.69 Å². The fraction of sp³-hybridized carbons (Fsp3) is 0. The molecule has 10 heavy (non-hydrogen) atoms. The highest BCUT2D eigenvalue weighted by molar-refractivity contribution is 5.45. The maximum Gasteiger partial charge on any atom is 0.0862 e. The van der Waals surface area contributed by atoms with E-state index in [0.29, 0.717) is 5.69 Å². The van der Waals surface area contributed by atoms with Crippen LogP contribution in [-0.4, -0.2) is 0 Å². The van der Waals surface area contributed by atoms with Crippen molar-refractivity contribution in [3.05, 3.63) is 29.8 Å². The SMILES string of the molecule is C#Cc1cccc(N=N)c1. The van der Waals surface area contributed by atoms with E-state index in [1.165, 1.54) is 0 Å². The summed E-state index contributed by atoms with van der Waals surface area (Å²) in [5.41, 5.74) is 8.02. The monoisotopic (exact) mass is 130 g/mol. The summed E-state index contributed by atoms with van der Waals surface area (Å²) >= 11 is 0. The Hall–Kier alpha value is -1.62. The molecule has 0 saturated heterocycles. The van der Waals surface area contributed by atoms with Crippen molar-refractivity contribution in [3.63, 3.8) is 0 Å². The minimum atomic E-state index is 0.593. The first-order valence-electron chi connectivity index (χ1n) is 2.81. The molecule has 1 N–H and O–H groups in total. The fourth-order valence-corrected chi connectivity index (χ4v) is 0.665.